The first-order chi connectivity index (χ1) is 14.1. The molecule has 0 bridgehead atoms. The molecule has 1 heterocycles. The Morgan fingerprint density at radius 1 is 1.10 bits per heavy atom. The normalized spacial score (nSPS) is 12.6. The van der Waals surface area contributed by atoms with Crippen molar-refractivity contribution in [1.29, 1.82) is 0 Å². The molecule has 2 aromatic rings. The van der Waals surface area contributed by atoms with Gasteiger partial charge in [-0.05, 0) is 31.0 Å². The first-order valence-electron chi connectivity index (χ1n) is 9.95. The molecule has 1 aromatic heterocycles. The Hall–Kier alpha value is -2.74. The van der Waals surface area contributed by atoms with Crippen molar-refractivity contribution < 1.29 is 19.1 Å². The molecular formula is C21H32N4O4. The summed E-state index contributed by atoms with van der Waals surface area (Å²) in [7, 11) is 3.16. The van der Waals surface area contributed by atoms with Crippen molar-refractivity contribution in [2.75, 3.05) is 27.3 Å². The third-order valence-corrected chi connectivity index (χ3v) is 4.57. The highest BCUT2D eigenvalue weighted by Crippen LogP contribution is 2.26. The maximum atomic E-state index is 10.6. The number of aliphatic hydroxyl groups is 1. The molecular weight excluding hydrogens is 372 g/mol. The minimum absolute atomic E-state index is 0.285. The van der Waals surface area contributed by atoms with E-state index in [1.165, 1.54) is 0 Å². The Labute approximate surface area is 172 Å². The molecule has 1 aromatic carbocycles. The van der Waals surface area contributed by atoms with Crippen molar-refractivity contribution in [3.8, 4) is 11.5 Å². The van der Waals surface area contributed by atoms with E-state index in [0.29, 0.717) is 36.1 Å². The number of rotatable bonds is 10. The zero-order valence-corrected chi connectivity index (χ0v) is 17.9. The van der Waals surface area contributed by atoms with Gasteiger partial charge in [0, 0.05) is 31.1 Å². The van der Waals surface area contributed by atoms with Crippen LogP contribution in [0.25, 0.3) is 0 Å². The van der Waals surface area contributed by atoms with Crippen molar-refractivity contribution in [2.45, 2.75) is 46.3 Å². The highest BCUT2D eigenvalue weighted by molar-refractivity contribution is 5.79. The average molecular weight is 405 g/mol. The second-order valence-corrected chi connectivity index (χ2v) is 6.48. The van der Waals surface area contributed by atoms with E-state index in [0.717, 1.165) is 29.9 Å². The molecule has 0 saturated carbocycles. The van der Waals surface area contributed by atoms with Crippen molar-refractivity contribution in [2.24, 2.45) is 4.99 Å². The Balaban J connectivity index is 2.09. The molecule has 1 unspecified atom stereocenters. The van der Waals surface area contributed by atoms with E-state index in [2.05, 4.69) is 20.8 Å². The Morgan fingerprint density at radius 3 is 2.34 bits per heavy atom. The number of aliphatic hydroxyl groups excluding tert-OH is 1. The van der Waals surface area contributed by atoms with Gasteiger partial charge in [-0.2, -0.15) is 0 Å². The summed E-state index contributed by atoms with van der Waals surface area (Å²) in [6.07, 6.45) is 0.822. The number of aliphatic imine (C=N–C) groups is 1. The fourth-order valence-electron chi connectivity index (χ4n) is 2.95. The van der Waals surface area contributed by atoms with Crippen molar-refractivity contribution in [1.82, 2.24) is 15.8 Å². The van der Waals surface area contributed by atoms with Crippen LogP contribution in [0.4, 0.5) is 0 Å². The molecule has 2 rings (SSSR count). The number of guanidine groups is 1. The largest absolute Gasteiger partial charge is 0.497 e. The van der Waals surface area contributed by atoms with Gasteiger partial charge in [-0.25, -0.2) is 4.99 Å². The van der Waals surface area contributed by atoms with Crippen LogP contribution < -0.4 is 20.1 Å². The third kappa shape index (κ3) is 6.12. The van der Waals surface area contributed by atoms with Gasteiger partial charge in [0.25, 0.3) is 0 Å². The number of benzene rings is 1. The van der Waals surface area contributed by atoms with Gasteiger partial charge in [0.1, 0.15) is 17.3 Å². The fraction of sp³-hybridized carbons (Fsp3) is 0.524. The van der Waals surface area contributed by atoms with Gasteiger partial charge >= 0.3 is 0 Å². The molecule has 8 nitrogen and oxygen atoms in total. The predicted molar refractivity (Wildman–Crippen MR) is 113 cm³/mol. The molecule has 0 amide bonds. The van der Waals surface area contributed by atoms with E-state index in [9.17, 15) is 5.11 Å². The molecule has 0 aliphatic carbocycles. The van der Waals surface area contributed by atoms with Gasteiger partial charge in [-0.1, -0.05) is 19.0 Å². The van der Waals surface area contributed by atoms with Gasteiger partial charge in [0.15, 0.2) is 5.96 Å². The number of aromatic nitrogens is 1. The molecule has 3 N–H and O–H groups in total. The summed E-state index contributed by atoms with van der Waals surface area (Å²) in [6.45, 7) is 7.54. The molecule has 0 aliphatic heterocycles. The number of methoxy groups -OCH3 is 2. The van der Waals surface area contributed by atoms with E-state index in [4.69, 9.17) is 14.0 Å². The lowest BCUT2D eigenvalue weighted by Gasteiger charge is -2.17. The zero-order chi connectivity index (χ0) is 21.2. The van der Waals surface area contributed by atoms with Crippen molar-refractivity contribution in [3.05, 3.63) is 40.8 Å². The monoisotopic (exact) mass is 404 g/mol. The predicted octanol–water partition coefficient (Wildman–Crippen LogP) is 2.61. The summed E-state index contributed by atoms with van der Waals surface area (Å²) in [6, 6.07) is 5.35. The molecule has 0 spiro atoms. The number of aryl methyl sites for hydroxylation is 2. The van der Waals surface area contributed by atoms with Crippen LogP contribution in [0.5, 0.6) is 11.5 Å². The van der Waals surface area contributed by atoms with Gasteiger partial charge in [-0.3, -0.25) is 0 Å². The van der Waals surface area contributed by atoms with E-state index in [1.54, 1.807) is 32.4 Å². The number of hydrogen-bond donors (Lipinski definition) is 3. The van der Waals surface area contributed by atoms with Crippen LogP contribution in [0.3, 0.4) is 0 Å². The van der Waals surface area contributed by atoms with E-state index >= 15 is 0 Å². The van der Waals surface area contributed by atoms with Crippen LogP contribution in [0.1, 0.15) is 49.5 Å². The minimum atomic E-state index is -0.754. The third-order valence-electron chi connectivity index (χ3n) is 4.57. The smallest absolute Gasteiger partial charge is 0.191 e. The quantitative estimate of drug-likeness (QED) is 0.413. The van der Waals surface area contributed by atoms with Crippen LogP contribution in [0.15, 0.2) is 27.7 Å². The molecule has 29 heavy (non-hydrogen) atoms. The van der Waals surface area contributed by atoms with Gasteiger partial charge in [-0.15, -0.1) is 0 Å². The Kier molecular flexibility index (Phi) is 8.79. The van der Waals surface area contributed by atoms with Crippen molar-refractivity contribution >= 4 is 5.96 Å². The highest BCUT2D eigenvalue weighted by atomic mass is 16.5. The SMILES string of the molecule is CCNC(=NCc1c(CC)noc1CC)NCC(O)c1cc(OC)cc(OC)c1. The molecule has 0 fully saturated rings. The van der Waals surface area contributed by atoms with Gasteiger partial charge < -0.3 is 29.7 Å². The molecule has 1 atom stereocenters. The minimum Gasteiger partial charge on any atom is -0.497 e. The second kappa shape index (κ2) is 11.3. The molecule has 0 radical (unpaired) electrons. The Morgan fingerprint density at radius 2 is 1.79 bits per heavy atom. The summed E-state index contributed by atoms with van der Waals surface area (Å²) in [5, 5.41) is 21.1. The summed E-state index contributed by atoms with van der Waals surface area (Å²) in [4.78, 5) is 4.64. The number of nitrogens with zero attached hydrogens (tertiary/aromatic N) is 2. The summed E-state index contributed by atoms with van der Waals surface area (Å²) in [5.74, 6) is 2.74. The van der Waals surface area contributed by atoms with Crippen LogP contribution in [-0.4, -0.2) is 43.5 Å². The van der Waals surface area contributed by atoms with Crippen LogP contribution in [0, 0.1) is 0 Å². The zero-order valence-electron chi connectivity index (χ0n) is 17.9. The highest BCUT2D eigenvalue weighted by Gasteiger charge is 2.14. The van der Waals surface area contributed by atoms with Crippen molar-refractivity contribution in [3.63, 3.8) is 0 Å². The first-order valence-corrected chi connectivity index (χ1v) is 9.95. The molecule has 8 heteroatoms. The van der Waals surface area contributed by atoms with Gasteiger partial charge in [0.05, 0.1) is 32.6 Å². The first kappa shape index (κ1) is 22.5. The van der Waals surface area contributed by atoms with Crippen LogP contribution in [-0.2, 0) is 19.4 Å². The standard InChI is InChI=1S/C21H32N4O4/c1-6-18-17(20(7-2)29-25-18)12-23-21(22-8-3)24-13-19(26)14-9-15(27-4)11-16(10-14)28-5/h9-11,19,26H,6-8,12-13H2,1-5H3,(H2,22,23,24). The summed E-state index contributed by atoms with van der Waals surface area (Å²) in [5.41, 5.74) is 2.67. The lowest BCUT2D eigenvalue weighted by molar-refractivity contribution is 0.180. The lowest BCUT2D eigenvalue weighted by atomic mass is 10.1. The van der Waals surface area contributed by atoms with E-state index in [-0.39, 0.29) is 6.54 Å². The topological polar surface area (TPSA) is 101 Å². The van der Waals surface area contributed by atoms with Crippen LogP contribution >= 0.6 is 0 Å². The summed E-state index contributed by atoms with van der Waals surface area (Å²) < 4.78 is 15.9. The maximum absolute atomic E-state index is 10.6. The molecule has 0 saturated heterocycles. The van der Waals surface area contributed by atoms with E-state index in [1.807, 2.05) is 20.8 Å². The Bertz CT molecular complexity index is 760. The lowest BCUT2D eigenvalue weighted by Crippen LogP contribution is -2.39. The maximum Gasteiger partial charge on any atom is 0.191 e. The average Bonchev–Trinajstić information content (AvgIpc) is 3.16. The second-order valence-electron chi connectivity index (χ2n) is 6.48. The number of hydrogen-bond acceptors (Lipinski definition) is 6. The summed E-state index contributed by atoms with van der Waals surface area (Å²) >= 11 is 0. The number of nitrogens with one attached hydrogen (secondary N) is 2. The fourth-order valence-corrected chi connectivity index (χ4v) is 2.95. The molecule has 160 valence electrons. The number of ether oxygens (including phenoxy) is 2. The van der Waals surface area contributed by atoms with Crippen LogP contribution in [0.2, 0.25) is 0 Å². The molecule has 0 aliphatic rings. The van der Waals surface area contributed by atoms with E-state index < -0.39 is 6.10 Å². The van der Waals surface area contributed by atoms with Gasteiger partial charge in [0.2, 0.25) is 0 Å².